The molecule has 1 aromatic rings. The zero-order valence-corrected chi connectivity index (χ0v) is 13.6. The lowest BCUT2D eigenvalue weighted by Gasteiger charge is -2.19. The van der Waals surface area contributed by atoms with Gasteiger partial charge in [0.2, 0.25) is 0 Å². The van der Waals surface area contributed by atoms with Crippen LogP contribution in [0.3, 0.4) is 0 Å². The molecule has 0 aromatic heterocycles. The molecule has 0 N–H and O–H groups in total. The Morgan fingerprint density at radius 1 is 1.16 bits per heavy atom. The third kappa shape index (κ3) is 3.90. The molecular formula is C15H24NO2S+. The SMILES string of the molecule is CCN(CC)C(=O)Oc1cc(C)c([S+](C)C)cc1C. The van der Waals surface area contributed by atoms with Gasteiger partial charge in [-0.15, -0.1) is 0 Å². The predicted molar refractivity (Wildman–Crippen MR) is 82.3 cm³/mol. The maximum Gasteiger partial charge on any atom is 0.415 e. The molecule has 0 aliphatic carbocycles. The van der Waals surface area contributed by atoms with Crippen LogP contribution in [-0.2, 0) is 10.9 Å². The molecule has 3 nitrogen and oxygen atoms in total. The number of carbonyl (C=O) groups is 1. The van der Waals surface area contributed by atoms with E-state index in [1.165, 1.54) is 10.5 Å². The number of nitrogens with zero attached hydrogens (tertiary/aromatic N) is 1. The van der Waals surface area contributed by atoms with Crippen molar-refractivity contribution in [2.24, 2.45) is 0 Å². The minimum atomic E-state index is -0.271. The summed E-state index contributed by atoms with van der Waals surface area (Å²) >= 11 is 0. The van der Waals surface area contributed by atoms with Crippen molar-refractivity contribution in [1.82, 2.24) is 4.90 Å². The first-order valence-corrected chi connectivity index (χ1v) is 8.60. The predicted octanol–water partition coefficient (Wildman–Crippen LogP) is 3.38. The van der Waals surface area contributed by atoms with E-state index in [9.17, 15) is 4.79 Å². The fourth-order valence-electron chi connectivity index (χ4n) is 1.95. The number of rotatable bonds is 4. The fourth-order valence-corrected chi connectivity index (χ4v) is 3.07. The van der Waals surface area contributed by atoms with Crippen molar-refractivity contribution in [1.29, 1.82) is 0 Å². The van der Waals surface area contributed by atoms with Crippen LogP contribution in [0.1, 0.15) is 25.0 Å². The zero-order valence-electron chi connectivity index (χ0n) is 12.7. The van der Waals surface area contributed by atoms with Crippen molar-refractivity contribution in [3.8, 4) is 5.75 Å². The van der Waals surface area contributed by atoms with Gasteiger partial charge in [-0.05, 0) is 39.3 Å². The van der Waals surface area contributed by atoms with Crippen LogP contribution in [0.5, 0.6) is 5.75 Å². The molecule has 0 bridgehead atoms. The zero-order chi connectivity index (χ0) is 14.6. The van der Waals surface area contributed by atoms with Gasteiger partial charge in [-0.3, -0.25) is 0 Å². The van der Waals surface area contributed by atoms with Gasteiger partial charge < -0.3 is 9.64 Å². The Hall–Kier alpha value is -1.16. The number of hydrogen-bond acceptors (Lipinski definition) is 2. The summed E-state index contributed by atoms with van der Waals surface area (Å²) in [7, 11) is 0.215. The van der Waals surface area contributed by atoms with E-state index in [0.717, 1.165) is 5.56 Å². The summed E-state index contributed by atoms with van der Waals surface area (Å²) in [6.07, 6.45) is 4.12. The summed E-state index contributed by atoms with van der Waals surface area (Å²) in [6, 6.07) is 4.10. The highest BCUT2D eigenvalue weighted by atomic mass is 32.2. The van der Waals surface area contributed by atoms with E-state index in [-0.39, 0.29) is 17.0 Å². The molecular weight excluding hydrogens is 258 g/mol. The van der Waals surface area contributed by atoms with Crippen LogP contribution < -0.4 is 4.74 Å². The van der Waals surface area contributed by atoms with Crippen LogP contribution >= 0.6 is 0 Å². The lowest BCUT2D eigenvalue weighted by Crippen LogP contribution is -2.33. The van der Waals surface area contributed by atoms with Crippen molar-refractivity contribution in [2.75, 3.05) is 25.6 Å². The van der Waals surface area contributed by atoms with Crippen molar-refractivity contribution in [2.45, 2.75) is 32.6 Å². The van der Waals surface area contributed by atoms with Crippen molar-refractivity contribution in [3.63, 3.8) is 0 Å². The van der Waals surface area contributed by atoms with Crippen LogP contribution in [0.4, 0.5) is 4.79 Å². The normalized spacial score (nSPS) is 10.7. The number of amides is 1. The van der Waals surface area contributed by atoms with E-state index in [1.54, 1.807) is 4.90 Å². The second kappa shape index (κ2) is 6.85. The molecule has 0 saturated carbocycles. The molecule has 0 radical (unpaired) electrons. The lowest BCUT2D eigenvalue weighted by molar-refractivity contribution is 0.157. The summed E-state index contributed by atoms with van der Waals surface area (Å²) in [5.41, 5.74) is 2.20. The molecule has 0 heterocycles. The second-order valence-electron chi connectivity index (χ2n) is 4.74. The molecule has 19 heavy (non-hydrogen) atoms. The Morgan fingerprint density at radius 2 is 1.74 bits per heavy atom. The Balaban J connectivity index is 2.97. The minimum Gasteiger partial charge on any atom is -0.410 e. The quantitative estimate of drug-likeness (QED) is 0.792. The van der Waals surface area contributed by atoms with E-state index < -0.39 is 0 Å². The van der Waals surface area contributed by atoms with Gasteiger partial charge in [-0.2, -0.15) is 0 Å². The van der Waals surface area contributed by atoms with Gasteiger partial charge in [-0.25, -0.2) is 4.79 Å². The maximum absolute atomic E-state index is 12.0. The third-order valence-corrected chi connectivity index (χ3v) is 4.45. The average molecular weight is 282 g/mol. The average Bonchev–Trinajstić information content (AvgIpc) is 2.34. The van der Waals surface area contributed by atoms with Gasteiger partial charge in [0, 0.05) is 35.6 Å². The Labute approximate surface area is 119 Å². The van der Waals surface area contributed by atoms with Crippen molar-refractivity contribution >= 4 is 17.0 Å². The standard InChI is InChI=1S/C15H24NO2S/c1-7-16(8-2)15(17)18-13-9-12(4)14(19(5)6)10-11(13)3/h9-10H,7-8H2,1-6H3/q+1. The van der Waals surface area contributed by atoms with E-state index in [4.69, 9.17) is 4.74 Å². The van der Waals surface area contributed by atoms with Gasteiger partial charge in [0.1, 0.15) is 18.3 Å². The first-order chi connectivity index (χ1) is 8.90. The summed E-state index contributed by atoms with van der Waals surface area (Å²) in [4.78, 5) is 15.0. The molecule has 0 spiro atoms. The van der Waals surface area contributed by atoms with Crippen LogP contribution in [0, 0.1) is 13.8 Å². The highest BCUT2D eigenvalue weighted by Crippen LogP contribution is 2.26. The number of benzene rings is 1. The Morgan fingerprint density at radius 3 is 2.21 bits per heavy atom. The maximum atomic E-state index is 12.0. The van der Waals surface area contributed by atoms with Crippen LogP contribution in [0.15, 0.2) is 17.0 Å². The molecule has 106 valence electrons. The number of carbonyl (C=O) groups excluding carboxylic acids is 1. The van der Waals surface area contributed by atoms with E-state index >= 15 is 0 Å². The monoisotopic (exact) mass is 282 g/mol. The van der Waals surface area contributed by atoms with Gasteiger partial charge in [0.25, 0.3) is 0 Å². The Kier molecular flexibility index (Phi) is 5.73. The van der Waals surface area contributed by atoms with Gasteiger partial charge in [-0.1, -0.05) is 0 Å². The lowest BCUT2D eigenvalue weighted by atomic mass is 10.1. The first-order valence-electron chi connectivity index (χ1n) is 6.56. The van der Waals surface area contributed by atoms with Crippen LogP contribution in [0.25, 0.3) is 0 Å². The summed E-state index contributed by atoms with van der Waals surface area (Å²) in [5.74, 6) is 0.670. The van der Waals surface area contributed by atoms with Crippen molar-refractivity contribution < 1.29 is 9.53 Å². The van der Waals surface area contributed by atoms with Gasteiger partial charge in [0.15, 0.2) is 4.90 Å². The fraction of sp³-hybridized carbons (Fsp3) is 0.533. The summed E-state index contributed by atoms with van der Waals surface area (Å²) in [5, 5.41) is 0. The highest BCUT2D eigenvalue weighted by molar-refractivity contribution is 7.95. The van der Waals surface area contributed by atoms with Gasteiger partial charge in [0.05, 0.1) is 0 Å². The highest BCUT2D eigenvalue weighted by Gasteiger charge is 2.18. The largest absolute Gasteiger partial charge is 0.415 e. The molecule has 0 aliphatic heterocycles. The first kappa shape index (κ1) is 15.9. The molecule has 1 rings (SSSR count). The second-order valence-corrected chi connectivity index (χ2v) is 6.81. The van der Waals surface area contributed by atoms with E-state index in [1.807, 2.05) is 26.8 Å². The van der Waals surface area contributed by atoms with Crippen molar-refractivity contribution in [3.05, 3.63) is 23.3 Å². The van der Waals surface area contributed by atoms with Crippen LogP contribution in [-0.4, -0.2) is 36.6 Å². The molecule has 0 aliphatic rings. The molecule has 0 unspecified atom stereocenters. The molecule has 1 aromatic carbocycles. The summed E-state index contributed by atoms with van der Waals surface area (Å²) < 4.78 is 5.49. The molecule has 4 heteroatoms. The van der Waals surface area contributed by atoms with E-state index in [2.05, 4.69) is 25.5 Å². The topological polar surface area (TPSA) is 29.5 Å². The molecule has 0 fully saturated rings. The molecule has 0 atom stereocenters. The number of ether oxygens (including phenoxy) is 1. The number of aryl methyl sites for hydroxylation is 2. The molecule has 0 saturated heterocycles. The van der Waals surface area contributed by atoms with Gasteiger partial charge >= 0.3 is 6.09 Å². The smallest absolute Gasteiger partial charge is 0.410 e. The molecule has 1 amide bonds. The Bertz CT molecular complexity index is 454. The number of hydrogen-bond donors (Lipinski definition) is 0. The van der Waals surface area contributed by atoms with E-state index in [0.29, 0.717) is 18.8 Å². The van der Waals surface area contributed by atoms with Crippen LogP contribution in [0.2, 0.25) is 0 Å². The third-order valence-electron chi connectivity index (χ3n) is 3.13. The minimum absolute atomic E-state index is 0.215. The summed E-state index contributed by atoms with van der Waals surface area (Å²) in [6.45, 7) is 9.28.